The van der Waals surface area contributed by atoms with Gasteiger partial charge in [-0.15, -0.1) is 0 Å². The van der Waals surface area contributed by atoms with Crippen LogP contribution in [0.15, 0.2) is 54.6 Å². The topological polar surface area (TPSA) is 49.4 Å². The third-order valence-corrected chi connectivity index (χ3v) is 5.65. The van der Waals surface area contributed by atoms with Crippen molar-refractivity contribution < 1.29 is 9.59 Å². The van der Waals surface area contributed by atoms with Gasteiger partial charge < -0.3 is 10.2 Å². The number of likely N-dealkylation sites (tertiary alicyclic amines) is 1. The second-order valence-electron chi connectivity index (χ2n) is 7.92. The Morgan fingerprint density at radius 3 is 2.32 bits per heavy atom. The largest absolute Gasteiger partial charge is 0.355 e. The van der Waals surface area contributed by atoms with E-state index in [1.54, 1.807) is 0 Å². The number of amides is 2. The lowest BCUT2D eigenvalue weighted by molar-refractivity contribution is -0.122. The van der Waals surface area contributed by atoms with Gasteiger partial charge in [0.15, 0.2) is 0 Å². The molecule has 2 amide bonds. The second-order valence-corrected chi connectivity index (χ2v) is 7.92. The average molecular weight is 379 g/mol. The van der Waals surface area contributed by atoms with Crippen LogP contribution >= 0.6 is 0 Å². The van der Waals surface area contributed by atoms with Crippen LogP contribution < -0.4 is 5.32 Å². The van der Waals surface area contributed by atoms with Crippen molar-refractivity contribution in [3.8, 4) is 0 Å². The van der Waals surface area contributed by atoms with E-state index in [9.17, 15) is 9.59 Å². The minimum Gasteiger partial charge on any atom is -0.355 e. The summed E-state index contributed by atoms with van der Waals surface area (Å²) in [6, 6.07) is 18.0. The van der Waals surface area contributed by atoms with Crippen LogP contribution in [0.3, 0.4) is 0 Å². The van der Waals surface area contributed by atoms with Gasteiger partial charge in [-0.1, -0.05) is 55.0 Å². The molecule has 148 valence electrons. The van der Waals surface area contributed by atoms with Gasteiger partial charge in [-0.3, -0.25) is 9.59 Å². The summed E-state index contributed by atoms with van der Waals surface area (Å²) >= 11 is 0. The van der Waals surface area contributed by atoms with Crippen LogP contribution in [0.4, 0.5) is 0 Å². The molecular weight excluding hydrogens is 348 g/mol. The highest BCUT2D eigenvalue weighted by Gasteiger charge is 2.25. The van der Waals surface area contributed by atoms with Gasteiger partial charge in [0.2, 0.25) is 5.91 Å². The van der Waals surface area contributed by atoms with E-state index in [4.69, 9.17) is 0 Å². The molecule has 28 heavy (non-hydrogen) atoms. The fourth-order valence-corrected chi connectivity index (χ4v) is 3.72. The maximum absolute atomic E-state index is 12.6. The third kappa shape index (κ3) is 5.44. The van der Waals surface area contributed by atoms with Crippen molar-refractivity contribution in [2.24, 2.45) is 5.92 Å². The number of hydrogen-bond acceptors (Lipinski definition) is 2. The molecule has 1 aliphatic heterocycles. The number of rotatable bonds is 6. The van der Waals surface area contributed by atoms with E-state index in [1.807, 2.05) is 54.3 Å². The van der Waals surface area contributed by atoms with Crippen LogP contribution in [-0.2, 0) is 4.79 Å². The lowest BCUT2D eigenvalue weighted by Gasteiger charge is -2.32. The van der Waals surface area contributed by atoms with Gasteiger partial charge in [0.25, 0.3) is 5.91 Å². The molecule has 1 saturated heterocycles. The Balaban J connectivity index is 1.40. The summed E-state index contributed by atoms with van der Waals surface area (Å²) in [7, 11) is 0. The molecule has 0 radical (unpaired) electrons. The number of piperidine rings is 1. The van der Waals surface area contributed by atoms with Gasteiger partial charge in [0.05, 0.1) is 0 Å². The monoisotopic (exact) mass is 378 g/mol. The number of hydrogen-bond donors (Lipinski definition) is 1. The van der Waals surface area contributed by atoms with Crippen LogP contribution in [0.25, 0.3) is 0 Å². The van der Waals surface area contributed by atoms with Crippen molar-refractivity contribution >= 4 is 11.8 Å². The molecule has 1 fully saturated rings. The standard InChI is InChI=1S/C24H30N2O2/c1-18-8-10-22(11-9-18)24(28)26-14-12-20(13-15-26)16-23(27)25-17-19(2)21-6-4-3-5-7-21/h3-11,19-20H,12-17H2,1-2H3,(H,25,27)/t19-/m1/s1. The molecule has 0 aromatic heterocycles. The van der Waals surface area contributed by atoms with Crippen molar-refractivity contribution in [1.82, 2.24) is 10.2 Å². The van der Waals surface area contributed by atoms with Crippen molar-refractivity contribution in [2.75, 3.05) is 19.6 Å². The first-order chi connectivity index (χ1) is 13.5. The summed E-state index contributed by atoms with van der Waals surface area (Å²) in [5, 5.41) is 3.07. The van der Waals surface area contributed by atoms with Gasteiger partial charge >= 0.3 is 0 Å². The summed E-state index contributed by atoms with van der Waals surface area (Å²) in [6.07, 6.45) is 2.33. The fourth-order valence-electron chi connectivity index (χ4n) is 3.72. The molecule has 0 spiro atoms. The first kappa shape index (κ1) is 20.1. The Morgan fingerprint density at radius 1 is 1.04 bits per heavy atom. The Hall–Kier alpha value is -2.62. The second kappa shape index (κ2) is 9.54. The molecule has 2 aromatic rings. The highest BCUT2D eigenvalue weighted by molar-refractivity contribution is 5.94. The first-order valence-electron chi connectivity index (χ1n) is 10.2. The number of aryl methyl sites for hydroxylation is 1. The summed E-state index contributed by atoms with van der Waals surface area (Å²) in [6.45, 7) is 6.26. The van der Waals surface area contributed by atoms with Gasteiger partial charge in [0, 0.05) is 31.6 Å². The molecule has 2 aromatic carbocycles. The van der Waals surface area contributed by atoms with E-state index < -0.39 is 0 Å². The molecule has 4 heteroatoms. The lowest BCUT2D eigenvalue weighted by atomic mass is 9.92. The quantitative estimate of drug-likeness (QED) is 0.821. The fraction of sp³-hybridized carbons (Fsp3) is 0.417. The average Bonchev–Trinajstić information content (AvgIpc) is 2.73. The van der Waals surface area contributed by atoms with Crippen LogP contribution in [-0.4, -0.2) is 36.3 Å². The number of benzene rings is 2. The van der Waals surface area contributed by atoms with Gasteiger partial charge in [-0.25, -0.2) is 0 Å². The van der Waals surface area contributed by atoms with Gasteiger partial charge in [0.1, 0.15) is 0 Å². The predicted molar refractivity (Wildman–Crippen MR) is 112 cm³/mol. The van der Waals surface area contributed by atoms with E-state index >= 15 is 0 Å². The molecule has 0 bridgehead atoms. The first-order valence-corrected chi connectivity index (χ1v) is 10.2. The molecule has 1 atom stereocenters. The molecule has 1 N–H and O–H groups in total. The van der Waals surface area contributed by atoms with E-state index in [0.717, 1.165) is 37.1 Å². The highest BCUT2D eigenvalue weighted by Crippen LogP contribution is 2.22. The smallest absolute Gasteiger partial charge is 0.253 e. The van der Waals surface area contributed by atoms with E-state index in [2.05, 4.69) is 24.4 Å². The van der Waals surface area contributed by atoms with Crippen molar-refractivity contribution in [1.29, 1.82) is 0 Å². The maximum Gasteiger partial charge on any atom is 0.253 e. The molecule has 1 aliphatic rings. The Bertz CT molecular complexity index is 778. The molecule has 3 rings (SSSR count). The third-order valence-electron chi connectivity index (χ3n) is 5.65. The summed E-state index contributed by atoms with van der Waals surface area (Å²) in [5.74, 6) is 0.874. The molecule has 0 saturated carbocycles. The highest BCUT2D eigenvalue weighted by atomic mass is 16.2. The Morgan fingerprint density at radius 2 is 1.68 bits per heavy atom. The summed E-state index contributed by atoms with van der Waals surface area (Å²) < 4.78 is 0. The molecule has 0 unspecified atom stereocenters. The number of carbonyl (C=O) groups is 2. The zero-order valence-corrected chi connectivity index (χ0v) is 16.9. The predicted octanol–water partition coefficient (Wildman–Crippen LogP) is 4.16. The molecule has 4 nitrogen and oxygen atoms in total. The van der Waals surface area contributed by atoms with Crippen LogP contribution in [0.5, 0.6) is 0 Å². The van der Waals surface area contributed by atoms with Gasteiger partial charge in [-0.05, 0) is 49.3 Å². The van der Waals surface area contributed by atoms with Crippen LogP contribution in [0.1, 0.15) is 53.6 Å². The van der Waals surface area contributed by atoms with E-state index in [-0.39, 0.29) is 11.8 Å². The lowest BCUT2D eigenvalue weighted by Crippen LogP contribution is -2.40. The normalized spacial score (nSPS) is 15.9. The summed E-state index contributed by atoms with van der Waals surface area (Å²) in [5.41, 5.74) is 3.14. The number of carbonyl (C=O) groups excluding carboxylic acids is 2. The van der Waals surface area contributed by atoms with Crippen LogP contribution in [0.2, 0.25) is 0 Å². The van der Waals surface area contributed by atoms with E-state index in [0.29, 0.717) is 24.8 Å². The van der Waals surface area contributed by atoms with Crippen molar-refractivity contribution in [3.63, 3.8) is 0 Å². The summed E-state index contributed by atoms with van der Waals surface area (Å²) in [4.78, 5) is 26.8. The SMILES string of the molecule is Cc1ccc(C(=O)N2CCC(CC(=O)NC[C@@H](C)c3ccccc3)CC2)cc1. The molecule has 1 heterocycles. The Labute approximate surface area is 167 Å². The minimum atomic E-state index is 0.0968. The van der Waals surface area contributed by atoms with Crippen molar-refractivity contribution in [3.05, 3.63) is 71.3 Å². The number of nitrogens with zero attached hydrogens (tertiary/aromatic N) is 1. The van der Waals surface area contributed by atoms with E-state index in [1.165, 1.54) is 5.56 Å². The zero-order valence-electron chi connectivity index (χ0n) is 16.9. The Kier molecular flexibility index (Phi) is 6.85. The molecule has 0 aliphatic carbocycles. The zero-order chi connectivity index (χ0) is 19.9. The maximum atomic E-state index is 12.6. The van der Waals surface area contributed by atoms with Crippen LogP contribution in [0, 0.1) is 12.8 Å². The molecular formula is C24H30N2O2. The van der Waals surface area contributed by atoms with Crippen molar-refractivity contribution in [2.45, 2.75) is 39.0 Å². The number of nitrogens with one attached hydrogen (secondary N) is 1. The minimum absolute atomic E-state index is 0.0968. The van der Waals surface area contributed by atoms with Gasteiger partial charge in [-0.2, -0.15) is 0 Å².